The molecule has 0 aliphatic carbocycles. The van der Waals surface area contributed by atoms with Crippen LogP contribution in [0.3, 0.4) is 0 Å². The van der Waals surface area contributed by atoms with Crippen molar-refractivity contribution in [2.75, 3.05) is 34.2 Å². The molecule has 136 valence electrons. The van der Waals surface area contributed by atoms with Crippen molar-refractivity contribution in [2.45, 2.75) is 90.5 Å². The average molecular weight is 335 g/mol. The lowest BCUT2D eigenvalue weighted by Crippen LogP contribution is -3.00. The Bertz CT molecular complexity index is 214. The first-order valence-electron chi connectivity index (χ1n) is 9.49. The van der Waals surface area contributed by atoms with E-state index >= 15 is 0 Å². The molecule has 0 heterocycles. The number of unbranched alkanes of at least 4 members (excludes halogenated alkanes) is 10. The van der Waals surface area contributed by atoms with Crippen molar-refractivity contribution in [3.05, 3.63) is 0 Å². The molecule has 0 spiro atoms. The molecule has 0 aliphatic heterocycles. The van der Waals surface area contributed by atoms with Gasteiger partial charge in [0.2, 0.25) is 0 Å². The van der Waals surface area contributed by atoms with Gasteiger partial charge in [-0.05, 0) is 19.9 Å². The Balaban J connectivity index is 0. The van der Waals surface area contributed by atoms with E-state index in [4.69, 9.17) is 0 Å². The maximum absolute atomic E-state index is 3.65. The van der Waals surface area contributed by atoms with Crippen LogP contribution >= 0.6 is 0 Å². The summed E-state index contributed by atoms with van der Waals surface area (Å²) in [5.74, 6) is 0. The number of nitrogens with one attached hydrogen (secondary N) is 1. The van der Waals surface area contributed by atoms with Gasteiger partial charge in [0.1, 0.15) is 0 Å². The van der Waals surface area contributed by atoms with Crippen LogP contribution in [0.25, 0.3) is 0 Å². The normalized spacial score (nSPS) is 13.0. The van der Waals surface area contributed by atoms with Crippen LogP contribution < -0.4 is 17.7 Å². The zero-order valence-electron chi connectivity index (χ0n) is 16.1. The smallest absolute Gasteiger partial charge is 0.0933 e. The van der Waals surface area contributed by atoms with Gasteiger partial charge >= 0.3 is 0 Å². The minimum Gasteiger partial charge on any atom is -1.00 e. The van der Waals surface area contributed by atoms with Gasteiger partial charge in [-0.3, -0.25) is 0 Å². The van der Waals surface area contributed by atoms with Crippen molar-refractivity contribution < 1.29 is 16.9 Å². The Morgan fingerprint density at radius 2 is 1.14 bits per heavy atom. The summed E-state index contributed by atoms with van der Waals surface area (Å²) in [4.78, 5) is 0. The first-order valence-corrected chi connectivity index (χ1v) is 9.49. The van der Waals surface area contributed by atoms with Crippen LogP contribution in [0.2, 0.25) is 0 Å². The molecular weight excluding hydrogens is 292 g/mol. The van der Waals surface area contributed by atoms with Crippen molar-refractivity contribution in [2.24, 2.45) is 0 Å². The first-order chi connectivity index (χ1) is 9.95. The lowest BCUT2D eigenvalue weighted by atomic mass is 10.1. The number of hydrogen-bond acceptors (Lipinski definition) is 1. The lowest BCUT2D eigenvalue weighted by molar-refractivity contribution is -0.871. The van der Waals surface area contributed by atoms with Gasteiger partial charge in [-0.2, -0.15) is 0 Å². The van der Waals surface area contributed by atoms with Crippen molar-refractivity contribution in [3.63, 3.8) is 0 Å². The number of rotatable bonds is 15. The minimum absolute atomic E-state index is 0. The summed E-state index contributed by atoms with van der Waals surface area (Å²) in [6.45, 7) is 7.00. The summed E-state index contributed by atoms with van der Waals surface area (Å²) < 4.78 is 1.05. The molecule has 0 aromatic heterocycles. The predicted molar refractivity (Wildman–Crippen MR) is 96.8 cm³/mol. The second-order valence-corrected chi connectivity index (χ2v) is 7.86. The molecule has 0 saturated carbocycles. The SMILES string of the molecule is CCCCCCCCCCCCCNC(C)C[N+](C)(C)C.[Cl-]. The highest BCUT2D eigenvalue weighted by molar-refractivity contribution is 4.59. The van der Waals surface area contributed by atoms with E-state index in [0.717, 1.165) is 4.48 Å². The molecule has 22 heavy (non-hydrogen) atoms. The predicted octanol–water partition coefficient (Wildman–Crippen LogP) is 1.99. The molecule has 0 aliphatic rings. The zero-order chi connectivity index (χ0) is 16.0. The van der Waals surface area contributed by atoms with E-state index in [-0.39, 0.29) is 12.4 Å². The third kappa shape index (κ3) is 20.2. The second-order valence-electron chi connectivity index (χ2n) is 7.86. The molecule has 1 N–H and O–H groups in total. The Morgan fingerprint density at radius 1 is 0.727 bits per heavy atom. The molecule has 0 aromatic rings. The molecule has 0 amide bonds. The topological polar surface area (TPSA) is 12.0 Å². The van der Waals surface area contributed by atoms with Gasteiger partial charge in [-0.1, -0.05) is 71.1 Å². The molecule has 0 saturated heterocycles. The van der Waals surface area contributed by atoms with Crippen molar-refractivity contribution in [1.82, 2.24) is 5.32 Å². The van der Waals surface area contributed by atoms with Gasteiger partial charge < -0.3 is 22.2 Å². The molecule has 0 aromatic carbocycles. The second kappa shape index (κ2) is 16.1. The largest absolute Gasteiger partial charge is 1.00 e. The number of quaternary nitrogens is 1. The molecule has 0 fully saturated rings. The summed E-state index contributed by atoms with van der Waals surface area (Å²) in [5.41, 5.74) is 0. The van der Waals surface area contributed by atoms with E-state index in [9.17, 15) is 0 Å². The molecule has 3 heteroatoms. The fourth-order valence-electron chi connectivity index (χ4n) is 3.02. The number of nitrogens with zero attached hydrogens (tertiary/aromatic N) is 1. The minimum atomic E-state index is 0. The van der Waals surface area contributed by atoms with Crippen LogP contribution in [-0.2, 0) is 0 Å². The van der Waals surface area contributed by atoms with Gasteiger partial charge in [0.25, 0.3) is 0 Å². The van der Waals surface area contributed by atoms with E-state index in [1.165, 1.54) is 83.7 Å². The maximum atomic E-state index is 3.65. The third-order valence-corrected chi connectivity index (χ3v) is 4.09. The third-order valence-electron chi connectivity index (χ3n) is 4.09. The Hall–Kier alpha value is 0.210. The number of halogens is 1. The molecule has 1 unspecified atom stereocenters. The van der Waals surface area contributed by atoms with Gasteiger partial charge in [0.15, 0.2) is 0 Å². The van der Waals surface area contributed by atoms with Crippen LogP contribution in [0.4, 0.5) is 0 Å². The summed E-state index contributed by atoms with van der Waals surface area (Å²) in [5, 5.41) is 3.65. The fourth-order valence-corrected chi connectivity index (χ4v) is 3.02. The Labute approximate surface area is 147 Å². The standard InChI is InChI=1S/C19H43N2.ClH/c1-6-7-8-9-10-11-12-13-14-15-16-17-20-19(2)18-21(3,4)5;/h19-20H,6-18H2,1-5H3;1H/q+1;/p-1. The maximum Gasteiger partial charge on any atom is 0.0933 e. The fraction of sp³-hybridized carbons (Fsp3) is 1.00. The van der Waals surface area contributed by atoms with E-state index in [0.29, 0.717) is 6.04 Å². The zero-order valence-corrected chi connectivity index (χ0v) is 16.9. The van der Waals surface area contributed by atoms with E-state index in [2.05, 4.69) is 40.3 Å². The summed E-state index contributed by atoms with van der Waals surface area (Å²) in [7, 11) is 6.79. The molecule has 0 bridgehead atoms. The first kappa shape index (κ1) is 24.5. The van der Waals surface area contributed by atoms with E-state index in [1.54, 1.807) is 0 Å². The highest BCUT2D eigenvalue weighted by Crippen LogP contribution is 2.11. The van der Waals surface area contributed by atoms with Gasteiger partial charge in [0.05, 0.1) is 33.7 Å². The van der Waals surface area contributed by atoms with Crippen molar-refractivity contribution in [1.29, 1.82) is 0 Å². The quantitative estimate of drug-likeness (QED) is 0.357. The van der Waals surface area contributed by atoms with E-state index in [1.807, 2.05) is 0 Å². The lowest BCUT2D eigenvalue weighted by Gasteiger charge is -2.28. The summed E-state index contributed by atoms with van der Waals surface area (Å²) in [6, 6.07) is 0.633. The van der Waals surface area contributed by atoms with Crippen LogP contribution in [-0.4, -0.2) is 44.8 Å². The molecule has 2 nitrogen and oxygen atoms in total. The highest BCUT2D eigenvalue weighted by atomic mass is 35.5. The Morgan fingerprint density at radius 3 is 1.55 bits per heavy atom. The summed E-state index contributed by atoms with van der Waals surface area (Å²) in [6.07, 6.45) is 15.7. The number of hydrogen-bond donors (Lipinski definition) is 1. The van der Waals surface area contributed by atoms with Gasteiger partial charge in [-0.25, -0.2) is 0 Å². The van der Waals surface area contributed by atoms with Crippen LogP contribution in [0, 0.1) is 0 Å². The Kier molecular flexibility index (Phi) is 17.9. The molecular formula is C19H43ClN2. The molecule has 0 radical (unpaired) electrons. The van der Waals surface area contributed by atoms with Gasteiger partial charge in [-0.15, -0.1) is 0 Å². The van der Waals surface area contributed by atoms with Crippen LogP contribution in [0.5, 0.6) is 0 Å². The molecule has 0 rings (SSSR count). The van der Waals surface area contributed by atoms with Crippen LogP contribution in [0.15, 0.2) is 0 Å². The van der Waals surface area contributed by atoms with E-state index < -0.39 is 0 Å². The average Bonchev–Trinajstić information content (AvgIpc) is 2.38. The number of likely N-dealkylation sites (N-methyl/N-ethyl adjacent to an activating group) is 1. The van der Waals surface area contributed by atoms with Crippen LogP contribution in [0.1, 0.15) is 84.5 Å². The van der Waals surface area contributed by atoms with Crippen molar-refractivity contribution >= 4 is 0 Å². The summed E-state index contributed by atoms with van der Waals surface area (Å²) >= 11 is 0. The van der Waals surface area contributed by atoms with Crippen molar-refractivity contribution in [3.8, 4) is 0 Å². The molecule has 1 atom stereocenters. The highest BCUT2D eigenvalue weighted by Gasteiger charge is 2.12. The monoisotopic (exact) mass is 334 g/mol. The van der Waals surface area contributed by atoms with Gasteiger partial charge in [0, 0.05) is 0 Å².